The van der Waals surface area contributed by atoms with E-state index < -0.39 is 33.2 Å². The van der Waals surface area contributed by atoms with Crippen LogP contribution in [0.4, 0.5) is 0 Å². The zero-order valence-electron chi connectivity index (χ0n) is 21.7. The van der Waals surface area contributed by atoms with Crippen LogP contribution in [0.5, 0.6) is 17.2 Å². The second kappa shape index (κ2) is 13.9. The summed E-state index contributed by atoms with van der Waals surface area (Å²) in [6.45, 7) is 0. The van der Waals surface area contributed by atoms with Gasteiger partial charge in [-0.1, -0.05) is 78.9 Å². The van der Waals surface area contributed by atoms with Crippen molar-refractivity contribution in [3.8, 4) is 17.2 Å². The molecule has 42 heavy (non-hydrogen) atoms. The third kappa shape index (κ3) is 8.81. The number of nitrogens with one attached hydrogen (secondary N) is 1. The summed E-state index contributed by atoms with van der Waals surface area (Å²) in [5.41, 5.74) is 7.32. The Labute approximate surface area is 231 Å². The SMILES string of the molecule is NC(Cc1ccccc1)C(=O)NC(c1ccc(OP(=O)(O)O)cc1)P(=O)(Oc1ccccc1)Oc1ccccc1.[Fm].[Fm]. The number of carbonyl (C=O) groups is 1. The third-order valence-electron chi connectivity index (χ3n) is 5.60. The van der Waals surface area contributed by atoms with E-state index in [0.29, 0.717) is 0 Å². The Morgan fingerprint density at radius 2 is 1.12 bits per heavy atom. The Morgan fingerprint density at radius 3 is 1.57 bits per heavy atom. The zero-order chi connectivity index (χ0) is 28.6. The van der Waals surface area contributed by atoms with Crippen molar-refractivity contribution >= 4 is 21.3 Å². The summed E-state index contributed by atoms with van der Waals surface area (Å²) in [4.78, 5) is 31.6. The minimum atomic E-state index is -4.81. The summed E-state index contributed by atoms with van der Waals surface area (Å²) in [5.74, 6) is -1.65. The van der Waals surface area contributed by atoms with E-state index in [-0.39, 0.29) is 29.2 Å². The molecule has 5 N–H and O–H groups in total. The monoisotopic (exact) mass is 1100 g/mol. The van der Waals surface area contributed by atoms with Crippen LogP contribution >= 0.6 is 15.4 Å². The Hall–Kier alpha value is -5.91. The van der Waals surface area contributed by atoms with E-state index in [2.05, 4.69) is 9.84 Å². The molecule has 14 heteroatoms. The predicted molar refractivity (Wildman–Crippen MR) is 150 cm³/mol. The first-order chi connectivity index (χ1) is 19.1. The van der Waals surface area contributed by atoms with Crippen molar-refractivity contribution in [3.05, 3.63) is 126 Å². The molecule has 4 aromatic rings. The van der Waals surface area contributed by atoms with Crippen LogP contribution in [0.1, 0.15) is 16.9 Å². The van der Waals surface area contributed by atoms with Gasteiger partial charge in [0.1, 0.15) is 17.2 Å². The number of benzene rings is 4. The smallest absolute Gasteiger partial charge is 0.414 e. The van der Waals surface area contributed by atoms with Crippen molar-refractivity contribution in [1.29, 1.82) is 0 Å². The Morgan fingerprint density at radius 1 is 0.690 bits per heavy atom. The Bertz CT molecular complexity index is 1450. The largest absolute Gasteiger partial charge is 0.524 e. The van der Waals surface area contributed by atoms with Gasteiger partial charge in [0.25, 0.3) is 0 Å². The van der Waals surface area contributed by atoms with Crippen LogP contribution in [0.15, 0.2) is 115 Å². The number of para-hydroxylation sites is 2. The summed E-state index contributed by atoms with van der Waals surface area (Å²) in [5, 5.41) is 2.73. The van der Waals surface area contributed by atoms with Crippen molar-refractivity contribution in [3.63, 3.8) is 0 Å². The molecular formula is C28H28Fm2N2O8P2. The van der Waals surface area contributed by atoms with E-state index in [1.54, 1.807) is 60.7 Å². The maximum atomic E-state index is 14.6. The first-order valence-electron chi connectivity index (χ1n) is 12.2. The maximum absolute atomic E-state index is 14.6. The maximum Gasteiger partial charge on any atom is 0.524 e. The average Bonchev–Trinajstić information content (AvgIpc) is 2.93. The molecule has 2 atom stereocenters. The van der Waals surface area contributed by atoms with Gasteiger partial charge < -0.3 is 24.6 Å². The van der Waals surface area contributed by atoms with Gasteiger partial charge in [0.2, 0.25) is 5.91 Å². The van der Waals surface area contributed by atoms with Crippen LogP contribution in [0.3, 0.4) is 0 Å². The van der Waals surface area contributed by atoms with Crippen molar-refractivity contribution in [2.75, 3.05) is 0 Å². The van der Waals surface area contributed by atoms with Gasteiger partial charge in [-0.2, -0.15) is 0 Å². The molecule has 4 aromatic carbocycles. The molecule has 232 valence electrons. The van der Waals surface area contributed by atoms with Crippen LogP contribution in [-0.2, 0) is 20.3 Å². The number of phosphoric acid groups is 1. The van der Waals surface area contributed by atoms with E-state index in [9.17, 15) is 13.9 Å². The zero-order valence-corrected chi connectivity index (χ0v) is 28.3. The van der Waals surface area contributed by atoms with Crippen LogP contribution in [0.2, 0.25) is 0 Å². The summed E-state index contributed by atoms with van der Waals surface area (Å²) in [6, 6.07) is 30.2. The summed E-state index contributed by atoms with van der Waals surface area (Å²) in [7, 11) is -9.12. The standard InChI is InChI=1S/C28H28N2O8P2.2Fm/c29-26(20-21-10-4-1-5-11-21)27(31)30-28(22-16-18-25(19-17-22)38-40(33,34)35)39(32,36-23-12-6-2-7-13-23)37-24-14-8-3-9-15-24;;/h1-19,26,28H,20,29H2,(H,30,31)(H2,33,34,35);;. The number of hydrogen-bond acceptors (Lipinski definition) is 7. The van der Waals surface area contributed by atoms with Crippen LogP contribution in [-0.4, -0.2) is 21.7 Å². The second-order valence-corrected chi connectivity index (χ2v) is 11.8. The van der Waals surface area contributed by atoms with E-state index in [1.165, 1.54) is 24.3 Å². The van der Waals surface area contributed by atoms with Gasteiger partial charge in [0.15, 0.2) is 5.78 Å². The molecule has 1 amide bonds. The van der Waals surface area contributed by atoms with E-state index >= 15 is 0 Å². The second-order valence-electron chi connectivity index (χ2n) is 8.71. The van der Waals surface area contributed by atoms with E-state index in [4.69, 9.17) is 24.6 Å². The van der Waals surface area contributed by atoms with Gasteiger partial charge in [-0.3, -0.25) is 14.6 Å². The average molecular weight is 1100 g/mol. The number of carbonyl (C=O) groups excluding carboxylic acids is 1. The van der Waals surface area contributed by atoms with Crippen molar-refractivity contribution in [2.45, 2.75) is 18.2 Å². The molecule has 4 rings (SSSR count). The number of phosphoric ester groups is 1. The molecule has 0 spiro atoms. The van der Waals surface area contributed by atoms with Gasteiger partial charge in [0, 0.05) is 0 Å². The topological polar surface area (TPSA) is 157 Å². The molecule has 0 saturated carbocycles. The first-order valence-corrected chi connectivity index (χ1v) is 15.3. The van der Waals surface area contributed by atoms with Gasteiger partial charge in [-0.25, -0.2) is 9.13 Å². The molecule has 0 aliphatic rings. The molecule has 0 radical (unpaired) electrons. The predicted octanol–water partition coefficient (Wildman–Crippen LogP) is 5.19. The van der Waals surface area contributed by atoms with Gasteiger partial charge >= 0.3 is 15.4 Å². The number of hydrogen-bond donors (Lipinski definition) is 4. The molecule has 0 saturated heterocycles. The molecule has 0 aromatic heterocycles. The van der Waals surface area contributed by atoms with Crippen LogP contribution in [0, 0.1) is 0 Å². The van der Waals surface area contributed by atoms with Crippen LogP contribution < -0.4 is 24.6 Å². The van der Waals surface area contributed by atoms with Crippen molar-refractivity contribution in [2.24, 2.45) is 5.73 Å². The van der Waals surface area contributed by atoms with Crippen molar-refractivity contribution in [1.82, 2.24) is 5.32 Å². The van der Waals surface area contributed by atoms with Gasteiger partial charge in [-0.15, -0.1) is 0 Å². The number of rotatable bonds is 12. The number of amides is 1. The summed E-state index contributed by atoms with van der Waals surface area (Å²) >= 11 is 0. The summed E-state index contributed by atoms with van der Waals surface area (Å²) in [6.07, 6.45) is 0.220. The molecule has 10 nitrogen and oxygen atoms in total. The Kier molecular flexibility index (Phi) is 10.7. The first kappa shape index (κ1) is 32.3. The minimum absolute atomic E-state index is 0. The van der Waals surface area contributed by atoms with Gasteiger partial charge in [0.05, 0.1) is 6.04 Å². The fourth-order valence-corrected chi connectivity index (χ4v) is 6.07. The quantitative estimate of drug-likeness (QED) is 0.140. The molecular weight excluding hydrogens is 1070 g/mol. The number of nitrogens with two attached hydrogens (primary N) is 1. The summed E-state index contributed by atoms with van der Waals surface area (Å²) < 4.78 is 42.4. The molecule has 0 fully saturated rings. The van der Waals surface area contributed by atoms with E-state index in [1.807, 2.05) is 30.3 Å². The van der Waals surface area contributed by atoms with E-state index in [0.717, 1.165) is 5.56 Å². The minimum Gasteiger partial charge on any atom is -0.414 e. The molecule has 0 aliphatic carbocycles. The molecule has 0 bridgehead atoms. The molecule has 0 aliphatic heterocycles. The Balaban J connectivity index is 0.00000308. The fourth-order valence-electron chi connectivity index (χ4n) is 3.78. The fraction of sp³-hybridized carbons (Fsp3) is 0.107. The van der Waals surface area contributed by atoms with Crippen LogP contribution in [0.25, 0.3) is 0 Å². The third-order valence-corrected chi connectivity index (χ3v) is 8.04. The normalized spacial score (nSPS) is 12.5. The van der Waals surface area contributed by atoms with Crippen molar-refractivity contribution < 1.29 is 37.3 Å². The molecule has 2 unspecified atom stereocenters. The molecule has 0 heterocycles. The van der Waals surface area contributed by atoms with Gasteiger partial charge in [-0.05, 0) is 53.9 Å².